The van der Waals surface area contributed by atoms with Crippen molar-refractivity contribution in [2.45, 2.75) is 30.6 Å². The van der Waals surface area contributed by atoms with Gasteiger partial charge in [0.05, 0.1) is 12.3 Å². The molecule has 0 saturated carbocycles. The largest absolute Gasteiger partial charge is 0.344 e. The molecule has 4 amide bonds. The lowest BCUT2D eigenvalue weighted by Gasteiger charge is -2.25. The Hall–Kier alpha value is -3.25. The second-order valence-corrected chi connectivity index (χ2v) is 8.69. The molecule has 2 N–H and O–H groups in total. The van der Waals surface area contributed by atoms with E-state index in [4.69, 9.17) is 0 Å². The number of amides is 4. The van der Waals surface area contributed by atoms with E-state index in [1.807, 2.05) is 23.6 Å². The van der Waals surface area contributed by atoms with Crippen molar-refractivity contribution >= 4 is 40.9 Å². The van der Waals surface area contributed by atoms with Crippen LogP contribution in [0, 0.1) is 0 Å². The van der Waals surface area contributed by atoms with Crippen molar-refractivity contribution in [3.05, 3.63) is 58.3 Å². The van der Waals surface area contributed by atoms with Crippen LogP contribution in [0.3, 0.4) is 0 Å². The molecule has 4 rings (SSSR count). The average molecular weight is 458 g/mol. The van der Waals surface area contributed by atoms with E-state index in [0.717, 1.165) is 21.6 Å². The number of urea groups is 1. The Bertz CT molecular complexity index is 1090. The first-order valence-corrected chi connectivity index (χ1v) is 11.3. The summed E-state index contributed by atoms with van der Waals surface area (Å²) >= 11 is 2.70. The molecule has 0 bridgehead atoms. The van der Waals surface area contributed by atoms with Crippen LogP contribution >= 0.6 is 23.1 Å². The van der Waals surface area contributed by atoms with Crippen molar-refractivity contribution in [3.63, 3.8) is 0 Å². The molecule has 0 aliphatic carbocycles. The summed E-state index contributed by atoms with van der Waals surface area (Å²) in [5.74, 6) is -1.10. The second kappa shape index (κ2) is 8.86. The molecule has 3 heterocycles. The van der Waals surface area contributed by atoms with Crippen LogP contribution in [-0.4, -0.2) is 48.8 Å². The normalized spacial score (nSPS) is 18.3. The van der Waals surface area contributed by atoms with Crippen molar-refractivity contribution in [2.75, 3.05) is 5.75 Å². The van der Waals surface area contributed by atoms with Crippen LogP contribution in [0.2, 0.25) is 0 Å². The molecular weight excluding hydrogens is 438 g/mol. The summed E-state index contributed by atoms with van der Waals surface area (Å²) in [5.41, 5.74) is 1.86. The van der Waals surface area contributed by atoms with Crippen LogP contribution in [0.4, 0.5) is 4.79 Å². The number of imide groups is 1. The van der Waals surface area contributed by atoms with E-state index in [-0.39, 0.29) is 5.75 Å². The minimum atomic E-state index is -1.20. The van der Waals surface area contributed by atoms with Gasteiger partial charge in [0.2, 0.25) is 11.1 Å². The van der Waals surface area contributed by atoms with Gasteiger partial charge >= 0.3 is 6.03 Å². The van der Waals surface area contributed by atoms with Crippen LogP contribution in [0.5, 0.6) is 0 Å². The zero-order valence-electron chi connectivity index (χ0n) is 16.5. The number of nitrogens with zero attached hydrogens (tertiary/aromatic N) is 5. The van der Waals surface area contributed by atoms with Crippen LogP contribution < -0.4 is 10.7 Å². The maximum atomic E-state index is 13.1. The number of nitrogens with one attached hydrogen (secondary N) is 2. The first-order valence-electron chi connectivity index (χ1n) is 9.46. The van der Waals surface area contributed by atoms with Gasteiger partial charge in [0.25, 0.3) is 5.91 Å². The molecule has 1 aliphatic heterocycles. The fourth-order valence-corrected chi connectivity index (χ4v) is 4.63. The van der Waals surface area contributed by atoms with E-state index in [0.29, 0.717) is 23.7 Å². The maximum Gasteiger partial charge on any atom is 0.344 e. The van der Waals surface area contributed by atoms with Crippen LogP contribution in [0.1, 0.15) is 23.8 Å². The van der Waals surface area contributed by atoms with Gasteiger partial charge < -0.3 is 5.32 Å². The van der Waals surface area contributed by atoms with Gasteiger partial charge in [-0.1, -0.05) is 55.1 Å². The van der Waals surface area contributed by atoms with Crippen molar-refractivity contribution < 1.29 is 14.4 Å². The standard InChI is InChI=1S/C19H19N7O3S2/c1-2-19(13-7-4-3-5-8-13)16(28)26(17(29)20-19)22-15(27)12-31-18-21-23-24-25(18)11-14-9-6-10-30-14/h3-10H,2,11-12H2,1H3,(H,20,29)(H,22,27)/t19-/m0/s1. The smallest absolute Gasteiger partial charge is 0.318 e. The van der Waals surface area contributed by atoms with Gasteiger partial charge in [-0.3, -0.25) is 15.0 Å². The molecule has 1 aliphatic rings. The molecule has 1 atom stereocenters. The predicted molar refractivity (Wildman–Crippen MR) is 114 cm³/mol. The maximum absolute atomic E-state index is 13.1. The Morgan fingerprint density at radius 1 is 1.23 bits per heavy atom. The lowest BCUT2D eigenvalue weighted by atomic mass is 9.87. The Morgan fingerprint density at radius 2 is 2.03 bits per heavy atom. The summed E-state index contributed by atoms with van der Waals surface area (Å²) in [6.07, 6.45) is 0.347. The number of aromatic nitrogens is 4. The first-order chi connectivity index (χ1) is 15.0. The van der Waals surface area contributed by atoms with Crippen molar-refractivity contribution in [3.8, 4) is 0 Å². The van der Waals surface area contributed by atoms with E-state index >= 15 is 0 Å². The van der Waals surface area contributed by atoms with E-state index in [2.05, 4.69) is 26.3 Å². The number of hydrazine groups is 1. The molecule has 12 heteroatoms. The Morgan fingerprint density at radius 3 is 2.74 bits per heavy atom. The average Bonchev–Trinajstić information content (AvgIpc) is 3.51. The van der Waals surface area contributed by atoms with Crippen molar-refractivity contribution in [1.29, 1.82) is 0 Å². The molecule has 1 aromatic carbocycles. The third kappa shape index (κ3) is 4.16. The fourth-order valence-electron chi connectivity index (χ4n) is 3.27. The number of carbonyl (C=O) groups excluding carboxylic acids is 3. The molecule has 160 valence electrons. The van der Waals surface area contributed by atoms with Crippen LogP contribution in [0.15, 0.2) is 53.0 Å². The summed E-state index contributed by atoms with van der Waals surface area (Å²) in [5, 5.41) is 17.4. The minimum absolute atomic E-state index is 0.0632. The van der Waals surface area contributed by atoms with Crippen LogP contribution in [0.25, 0.3) is 0 Å². The highest BCUT2D eigenvalue weighted by atomic mass is 32.2. The molecule has 0 unspecified atom stereocenters. The highest BCUT2D eigenvalue weighted by Crippen LogP contribution is 2.31. The van der Waals surface area contributed by atoms with E-state index in [1.54, 1.807) is 47.2 Å². The van der Waals surface area contributed by atoms with Gasteiger partial charge in [-0.25, -0.2) is 9.48 Å². The Labute approximate surface area is 186 Å². The number of thiophene rings is 1. The third-order valence-electron chi connectivity index (χ3n) is 4.84. The number of benzene rings is 1. The Kier molecular flexibility index (Phi) is 6.00. The molecular formula is C19H19N7O3S2. The summed E-state index contributed by atoms with van der Waals surface area (Å²) < 4.78 is 1.59. The quantitative estimate of drug-likeness (QED) is 0.390. The number of carbonyl (C=O) groups is 3. The Balaban J connectivity index is 1.40. The molecule has 1 saturated heterocycles. The predicted octanol–water partition coefficient (Wildman–Crippen LogP) is 1.76. The fraction of sp³-hybridized carbons (Fsp3) is 0.263. The zero-order chi connectivity index (χ0) is 21.8. The summed E-state index contributed by atoms with van der Waals surface area (Å²) in [6, 6.07) is 12.2. The molecule has 1 fully saturated rings. The molecule has 0 radical (unpaired) electrons. The van der Waals surface area contributed by atoms with Gasteiger partial charge in [0.15, 0.2) is 0 Å². The summed E-state index contributed by atoms with van der Waals surface area (Å²) in [7, 11) is 0. The lowest BCUT2D eigenvalue weighted by Crippen LogP contribution is -2.49. The monoisotopic (exact) mass is 457 g/mol. The molecule has 0 spiro atoms. The number of thioether (sulfide) groups is 1. The SMILES string of the molecule is CC[C@@]1(c2ccccc2)NC(=O)N(NC(=O)CSc2nnnn2Cc2cccs2)C1=O. The van der Waals surface area contributed by atoms with E-state index < -0.39 is 23.4 Å². The third-order valence-corrected chi connectivity index (χ3v) is 6.66. The lowest BCUT2D eigenvalue weighted by molar-refractivity contribution is -0.138. The zero-order valence-corrected chi connectivity index (χ0v) is 18.2. The van der Waals surface area contributed by atoms with E-state index in [1.165, 1.54) is 0 Å². The first kappa shape index (κ1) is 21.0. The molecule has 2 aromatic heterocycles. The second-order valence-electron chi connectivity index (χ2n) is 6.72. The van der Waals surface area contributed by atoms with Gasteiger partial charge in [0.1, 0.15) is 5.54 Å². The number of tetrazole rings is 1. The van der Waals surface area contributed by atoms with Gasteiger partial charge in [-0.05, 0) is 33.9 Å². The van der Waals surface area contributed by atoms with Crippen LogP contribution in [-0.2, 0) is 21.7 Å². The minimum Gasteiger partial charge on any atom is -0.318 e. The van der Waals surface area contributed by atoms with Crippen molar-refractivity contribution in [2.24, 2.45) is 0 Å². The highest BCUT2D eigenvalue weighted by Gasteiger charge is 2.52. The van der Waals surface area contributed by atoms with Gasteiger partial charge in [-0.2, -0.15) is 5.01 Å². The topological polar surface area (TPSA) is 122 Å². The van der Waals surface area contributed by atoms with E-state index in [9.17, 15) is 14.4 Å². The number of rotatable bonds is 8. The highest BCUT2D eigenvalue weighted by molar-refractivity contribution is 7.99. The van der Waals surface area contributed by atoms with Gasteiger partial charge in [-0.15, -0.1) is 16.4 Å². The summed E-state index contributed by atoms with van der Waals surface area (Å²) in [4.78, 5) is 39.1. The number of hydrogen-bond donors (Lipinski definition) is 2. The molecule has 10 nitrogen and oxygen atoms in total. The van der Waals surface area contributed by atoms with Gasteiger partial charge in [0, 0.05) is 4.88 Å². The molecule has 3 aromatic rings. The number of hydrogen-bond acceptors (Lipinski definition) is 8. The van der Waals surface area contributed by atoms with Crippen molar-refractivity contribution in [1.82, 2.24) is 36.0 Å². The summed E-state index contributed by atoms with van der Waals surface area (Å²) in [6.45, 7) is 2.30. The molecule has 31 heavy (non-hydrogen) atoms.